The van der Waals surface area contributed by atoms with E-state index in [1.807, 2.05) is 12.1 Å². The van der Waals surface area contributed by atoms with Gasteiger partial charge in [-0.05, 0) is 49.8 Å². The third-order valence-corrected chi connectivity index (χ3v) is 3.86. The summed E-state index contributed by atoms with van der Waals surface area (Å²) in [5, 5.41) is 4.35. The van der Waals surface area contributed by atoms with E-state index in [1.54, 1.807) is 0 Å². The van der Waals surface area contributed by atoms with Crippen molar-refractivity contribution >= 4 is 11.6 Å². The first kappa shape index (κ1) is 15.8. The predicted molar refractivity (Wildman–Crippen MR) is 85.2 cm³/mol. The van der Waals surface area contributed by atoms with Crippen molar-refractivity contribution in [2.75, 3.05) is 6.54 Å². The van der Waals surface area contributed by atoms with E-state index in [0.717, 1.165) is 18.0 Å². The molecule has 2 atom stereocenters. The van der Waals surface area contributed by atoms with Gasteiger partial charge in [0.15, 0.2) is 0 Å². The zero-order chi connectivity index (χ0) is 14.5. The Kier molecular flexibility index (Phi) is 5.88. The Morgan fingerprint density at radius 2 is 1.85 bits per heavy atom. The third kappa shape index (κ3) is 5.43. The zero-order valence-electron chi connectivity index (χ0n) is 12.7. The fraction of sp³-hybridized carbons (Fsp3) is 0.647. The summed E-state index contributed by atoms with van der Waals surface area (Å²) in [7, 11) is 0. The smallest absolute Gasteiger partial charge is 0.0952 e. The quantitative estimate of drug-likeness (QED) is 0.758. The van der Waals surface area contributed by atoms with Gasteiger partial charge in [-0.3, -0.25) is 0 Å². The first-order valence-corrected chi connectivity index (χ1v) is 8.06. The summed E-state index contributed by atoms with van der Waals surface area (Å²) in [5.41, 5.74) is 1.21. The second-order valence-electron chi connectivity index (χ2n) is 6.30. The highest BCUT2D eigenvalue weighted by atomic mass is 35.5. The van der Waals surface area contributed by atoms with E-state index >= 15 is 0 Å². The van der Waals surface area contributed by atoms with Crippen molar-refractivity contribution in [3.05, 3.63) is 34.9 Å². The van der Waals surface area contributed by atoms with E-state index in [2.05, 4.69) is 38.2 Å². The molecule has 1 aliphatic rings. The average molecular weight is 296 g/mol. The molecule has 0 bridgehead atoms. The molecule has 0 heterocycles. The highest BCUT2D eigenvalue weighted by molar-refractivity contribution is 6.30. The highest BCUT2D eigenvalue weighted by Gasteiger charge is 2.23. The Bertz CT molecular complexity index is 400. The fourth-order valence-electron chi connectivity index (χ4n) is 2.48. The molecule has 0 aromatic heterocycles. The minimum Gasteiger partial charge on any atom is -0.369 e. The first-order valence-electron chi connectivity index (χ1n) is 7.69. The molecular formula is C17H26ClNO. The maximum absolute atomic E-state index is 6.26. The van der Waals surface area contributed by atoms with Gasteiger partial charge in [0.25, 0.3) is 0 Å². The molecule has 0 saturated heterocycles. The van der Waals surface area contributed by atoms with Crippen LogP contribution in [0.15, 0.2) is 24.3 Å². The largest absolute Gasteiger partial charge is 0.369 e. The van der Waals surface area contributed by atoms with Gasteiger partial charge in [0.2, 0.25) is 0 Å². The van der Waals surface area contributed by atoms with Crippen molar-refractivity contribution in [1.29, 1.82) is 0 Å². The third-order valence-electron chi connectivity index (χ3n) is 3.61. The van der Waals surface area contributed by atoms with Gasteiger partial charge in [0.1, 0.15) is 0 Å². The van der Waals surface area contributed by atoms with E-state index in [0.29, 0.717) is 12.0 Å². The van der Waals surface area contributed by atoms with Crippen molar-refractivity contribution in [1.82, 2.24) is 5.32 Å². The van der Waals surface area contributed by atoms with Crippen LogP contribution in [0.3, 0.4) is 0 Å². The summed E-state index contributed by atoms with van der Waals surface area (Å²) in [6, 6.07) is 8.73. The van der Waals surface area contributed by atoms with Gasteiger partial charge in [-0.2, -0.15) is 0 Å². The van der Waals surface area contributed by atoms with Crippen molar-refractivity contribution in [2.45, 2.75) is 58.3 Å². The van der Waals surface area contributed by atoms with Gasteiger partial charge < -0.3 is 10.1 Å². The van der Waals surface area contributed by atoms with E-state index in [9.17, 15) is 0 Å². The molecule has 0 radical (unpaired) electrons. The molecule has 1 aromatic rings. The summed E-state index contributed by atoms with van der Waals surface area (Å²) in [6.45, 7) is 7.52. The molecule has 0 aliphatic heterocycles. The van der Waals surface area contributed by atoms with Crippen LogP contribution in [0.25, 0.3) is 0 Å². The molecule has 1 aliphatic carbocycles. The van der Waals surface area contributed by atoms with Crippen LogP contribution in [-0.4, -0.2) is 18.7 Å². The minimum absolute atomic E-state index is 0.113. The Labute approximate surface area is 127 Å². The monoisotopic (exact) mass is 295 g/mol. The molecular weight excluding hydrogens is 270 g/mol. The lowest BCUT2D eigenvalue weighted by Gasteiger charge is -2.24. The van der Waals surface area contributed by atoms with Crippen molar-refractivity contribution < 1.29 is 4.74 Å². The fourth-order valence-corrected chi connectivity index (χ4v) is 2.61. The van der Waals surface area contributed by atoms with Gasteiger partial charge >= 0.3 is 0 Å². The summed E-state index contributed by atoms with van der Waals surface area (Å²) in [4.78, 5) is 0. The molecule has 1 aromatic carbocycles. The van der Waals surface area contributed by atoms with Gasteiger partial charge in [-0.15, -0.1) is 0 Å². The number of halogens is 1. The number of ether oxygens (including phenoxy) is 1. The SMILES string of the molecule is CC(C)CC(C)OC(CNC1CC1)c1ccc(Cl)cc1. The summed E-state index contributed by atoms with van der Waals surface area (Å²) < 4.78 is 6.26. The van der Waals surface area contributed by atoms with Crippen molar-refractivity contribution in [3.8, 4) is 0 Å². The van der Waals surface area contributed by atoms with Crippen LogP contribution >= 0.6 is 11.6 Å². The molecule has 2 rings (SSSR count). The lowest BCUT2D eigenvalue weighted by atomic mass is 10.1. The first-order chi connectivity index (χ1) is 9.54. The van der Waals surface area contributed by atoms with E-state index in [4.69, 9.17) is 16.3 Å². The number of benzene rings is 1. The topological polar surface area (TPSA) is 21.3 Å². The summed E-state index contributed by atoms with van der Waals surface area (Å²) in [6.07, 6.45) is 4.08. The zero-order valence-corrected chi connectivity index (χ0v) is 13.5. The average Bonchev–Trinajstić information content (AvgIpc) is 3.18. The van der Waals surface area contributed by atoms with Gasteiger partial charge in [0, 0.05) is 17.6 Å². The van der Waals surface area contributed by atoms with E-state index in [1.165, 1.54) is 18.4 Å². The highest BCUT2D eigenvalue weighted by Crippen LogP contribution is 2.25. The molecule has 0 amide bonds. The Morgan fingerprint density at radius 1 is 1.20 bits per heavy atom. The standard InChI is InChI=1S/C17H26ClNO/c1-12(2)10-13(3)20-17(11-19-16-8-9-16)14-4-6-15(18)7-5-14/h4-7,12-13,16-17,19H,8-11H2,1-3H3. The summed E-state index contributed by atoms with van der Waals surface area (Å²) >= 11 is 5.97. The molecule has 3 heteroatoms. The Morgan fingerprint density at radius 3 is 2.40 bits per heavy atom. The lowest BCUT2D eigenvalue weighted by Crippen LogP contribution is -2.27. The van der Waals surface area contributed by atoms with Crippen molar-refractivity contribution in [2.24, 2.45) is 5.92 Å². The van der Waals surface area contributed by atoms with Crippen LogP contribution in [0.2, 0.25) is 5.02 Å². The second-order valence-corrected chi connectivity index (χ2v) is 6.74. The molecule has 1 fully saturated rings. The minimum atomic E-state index is 0.113. The van der Waals surface area contributed by atoms with Gasteiger partial charge in [-0.1, -0.05) is 37.6 Å². The second kappa shape index (κ2) is 7.44. The van der Waals surface area contributed by atoms with Crippen LogP contribution in [-0.2, 0) is 4.74 Å². The molecule has 1 saturated carbocycles. The normalized spacial score (nSPS) is 18.2. The number of nitrogens with one attached hydrogen (secondary N) is 1. The molecule has 0 spiro atoms. The van der Waals surface area contributed by atoms with E-state index < -0.39 is 0 Å². The Hall–Kier alpha value is -0.570. The molecule has 2 unspecified atom stereocenters. The number of hydrogen-bond acceptors (Lipinski definition) is 2. The molecule has 20 heavy (non-hydrogen) atoms. The van der Waals surface area contributed by atoms with Gasteiger partial charge in [-0.25, -0.2) is 0 Å². The maximum Gasteiger partial charge on any atom is 0.0952 e. The Balaban J connectivity index is 1.96. The van der Waals surface area contributed by atoms with Crippen LogP contribution in [0.1, 0.15) is 51.7 Å². The van der Waals surface area contributed by atoms with E-state index in [-0.39, 0.29) is 12.2 Å². The maximum atomic E-state index is 6.26. The lowest BCUT2D eigenvalue weighted by molar-refractivity contribution is -0.0128. The predicted octanol–water partition coefficient (Wildman–Crippen LogP) is 4.58. The molecule has 112 valence electrons. The molecule has 1 N–H and O–H groups in total. The summed E-state index contributed by atoms with van der Waals surface area (Å²) in [5.74, 6) is 0.659. The number of hydrogen-bond donors (Lipinski definition) is 1. The van der Waals surface area contributed by atoms with Crippen LogP contribution in [0.5, 0.6) is 0 Å². The van der Waals surface area contributed by atoms with Crippen LogP contribution in [0.4, 0.5) is 0 Å². The molecule has 2 nitrogen and oxygen atoms in total. The van der Waals surface area contributed by atoms with Gasteiger partial charge in [0.05, 0.1) is 12.2 Å². The van der Waals surface area contributed by atoms with Crippen molar-refractivity contribution in [3.63, 3.8) is 0 Å². The number of rotatable bonds is 8. The van der Waals surface area contributed by atoms with Crippen LogP contribution in [0, 0.1) is 5.92 Å². The van der Waals surface area contributed by atoms with Crippen LogP contribution < -0.4 is 5.32 Å².